The maximum Gasteiger partial charge on any atom is 0.290 e. The van der Waals surface area contributed by atoms with Crippen LogP contribution in [0.3, 0.4) is 0 Å². The first-order chi connectivity index (χ1) is 9.82. The number of benzene rings is 1. The van der Waals surface area contributed by atoms with Gasteiger partial charge in [-0.25, -0.2) is 0 Å². The maximum absolute atomic E-state index is 12.1. The number of carbonyl (C=O) groups is 1. The van der Waals surface area contributed by atoms with E-state index in [2.05, 4.69) is 12.2 Å². The average molecular weight is 331 g/mol. The Kier molecular flexibility index (Phi) is 4.74. The molecular formula is C14H16Cl2N2O3. The molecule has 1 saturated carbocycles. The van der Waals surface area contributed by atoms with Gasteiger partial charge in [-0.3, -0.25) is 14.9 Å². The molecular weight excluding hydrogens is 315 g/mol. The molecule has 2 rings (SSSR count). The molecule has 1 aliphatic rings. The van der Waals surface area contributed by atoms with Gasteiger partial charge in [0.05, 0.1) is 9.95 Å². The van der Waals surface area contributed by atoms with Gasteiger partial charge in [-0.15, -0.1) is 0 Å². The Hall–Kier alpha value is -1.33. The first-order valence-electron chi connectivity index (χ1n) is 6.74. The summed E-state index contributed by atoms with van der Waals surface area (Å²) >= 11 is 11.6. The molecule has 114 valence electrons. The van der Waals surface area contributed by atoms with Gasteiger partial charge in [0.15, 0.2) is 0 Å². The van der Waals surface area contributed by atoms with Gasteiger partial charge in [0, 0.05) is 18.2 Å². The molecule has 5 nitrogen and oxygen atoms in total. The molecule has 0 atom stereocenters. The number of nitro groups is 1. The fourth-order valence-corrected chi connectivity index (χ4v) is 3.03. The minimum absolute atomic E-state index is 0.00287. The molecule has 0 radical (unpaired) electrons. The minimum Gasteiger partial charge on any atom is -0.351 e. The highest BCUT2D eigenvalue weighted by Crippen LogP contribution is 2.37. The summed E-state index contributed by atoms with van der Waals surface area (Å²) in [4.78, 5) is 22.4. The van der Waals surface area contributed by atoms with Crippen LogP contribution in [0.2, 0.25) is 10.0 Å². The van der Waals surface area contributed by atoms with E-state index >= 15 is 0 Å². The van der Waals surface area contributed by atoms with Gasteiger partial charge < -0.3 is 5.32 Å². The summed E-state index contributed by atoms with van der Waals surface area (Å²) in [6.07, 6.45) is 4.50. The van der Waals surface area contributed by atoms with Crippen molar-refractivity contribution in [3.05, 3.63) is 37.9 Å². The number of hydrogen-bond acceptors (Lipinski definition) is 3. The van der Waals surface area contributed by atoms with Crippen molar-refractivity contribution in [2.45, 2.75) is 32.6 Å². The topological polar surface area (TPSA) is 72.2 Å². The number of nitrogens with one attached hydrogen (secondary N) is 1. The molecule has 0 saturated heterocycles. The summed E-state index contributed by atoms with van der Waals surface area (Å²) in [7, 11) is 0. The highest BCUT2D eigenvalue weighted by atomic mass is 35.5. The Morgan fingerprint density at radius 2 is 2.00 bits per heavy atom. The molecule has 0 heterocycles. The van der Waals surface area contributed by atoms with E-state index < -0.39 is 4.92 Å². The molecule has 1 aromatic rings. The summed E-state index contributed by atoms with van der Waals surface area (Å²) in [6, 6.07) is 2.50. The predicted molar refractivity (Wildman–Crippen MR) is 82.0 cm³/mol. The number of amides is 1. The number of hydrogen-bond donors (Lipinski definition) is 1. The molecule has 1 aliphatic carbocycles. The van der Waals surface area contributed by atoms with Gasteiger partial charge in [0.2, 0.25) is 0 Å². The summed E-state index contributed by atoms with van der Waals surface area (Å²) in [5.74, 6) is -0.371. The lowest BCUT2D eigenvalue weighted by Crippen LogP contribution is -2.34. The Labute approximate surface area is 132 Å². The van der Waals surface area contributed by atoms with Crippen LogP contribution >= 0.6 is 23.2 Å². The van der Waals surface area contributed by atoms with Crippen LogP contribution in [0, 0.1) is 15.5 Å². The molecule has 1 amide bonds. The van der Waals surface area contributed by atoms with Crippen LogP contribution in [0.15, 0.2) is 12.1 Å². The van der Waals surface area contributed by atoms with E-state index in [0.717, 1.165) is 18.9 Å². The van der Waals surface area contributed by atoms with Crippen molar-refractivity contribution in [1.29, 1.82) is 0 Å². The van der Waals surface area contributed by atoms with E-state index in [-0.39, 0.29) is 32.6 Å². The Morgan fingerprint density at radius 1 is 1.38 bits per heavy atom. The third-order valence-electron chi connectivity index (χ3n) is 3.95. The molecule has 0 bridgehead atoms. The lowest BCUT2D eigenvalue weighted by Gasteiger charge is -2.23. The van der Waals surface area contributed by atoms with Gasteiger partial charge in [-0.2, -0.15) is 0 Å². The first-order valence-corrected chi connectivity index (χ1v) is 7.50. The van der Waals surface area contributed by atoms with Crippen LogP contribution in [0.5, 0.6) is 0 Å². The zero-order chi connectivity index (χ0) is 15.6. The summed E-state index contributed by atoms with van der Waals surface area (Å²) in [5.41, 5.74) is -0.100. The largest absolute Gasteiger partial charge is 0.351 e. The number of rotatable bonds is 4. The average Bonchev–Trinajstić information content (AvgIpc) is 2.86. The van der Waals surface area contributed by atoms with E-state index in [1.807, 2.05) is 0 Å². The Balaban J connectivity index is 2.14. The highest BCUT2D eigenvalue weighted by molar-refractivity contribution is 6.43. The van der Waals surface area contributed by atoms with E-state index in [1.165, 1.54) is 18.9 Å². The fourth-order valence-electron chi connectivity index (χ4n) is 2.64. The van der Waals surface area contributed by atoms with E-state index in [0.29, 0.717) is 6.54 Å². The van der Waals surface area contributed by atoms with Crippen LogP contribution < -0.4 is 5.32 Å². The third-order valence-corrected chi connectivity index (χ3v) is 4.75. The van der Waals surface area contributed by atoms with Crippen molar-refractivity contribution in [2.24, 2.45) is 5.41 Å². The summed E-state index contributed by atoms with van der Waals surface area (Å²) < 4.78 is 0. The third kappa shape index (κ3) is 3.66. The van der Waals surface area contributed by atoms with Crippen molar-refractivity contribution < 1.29 is 9.72 Å². The molecule has 0 aliphatic heterocycles. The van der Waals surface area contributed by atoms with Gasteiger partial charge >= 0.3 is 0 Å². The van der Waals surface area contributed by atoms with E-state index in [9.17, 15) is 14.9 Å². The first kappa shape index (κ1) is 16.0. The van der Waals surface area contributed by atoms with Crippen molar-refractivity contribution in [3.63, 3.8) is 0 Å². The number of nitrogens with zero attached hydrogens (tertiary/aromatic N) is 1. The summed E-state index contributed by atoms with van der Waals surface area (Å²) in [5, 5.41) is 13.6. The van der Waals surface area contributed by atoms with Gasteiger partial charge in [0.25, 0.3) is 11.6 Å². The predicted octanol–water partition coefficient (Wildman–Crippen LogP) is 4.21. The number of halogens is 2. The molecule has 7 heteroatoms. The standard InChI is InChI=1S/C14H16Cl2N2O3/c1-14(4-2-3-5-14)8-17-13(19)9-6-10(15)12(16)11(7-9)18(20)21/h6-7H,2-5,8H2,1H3,(H,17,19). The molecule has 0 spiro atoms. The van der Waals surface area contributed by atoms with E-state index in [1.54, 1.807) is 0 Å². The van der Waals surface area contributed by atoms with Crippen LogP contribution in [0.1, 0.15) is 43.0 Å². The van der Waals surface area contributed by atoms with Crippen LogP contribution in [-0.2, 0) is 0 Å². The lowest BCUT2D eigenvalue weighted by atomic mass is 9.89. The van der Waals surface area contributed by atoms with Crippen molar-refractivity contribution >= 4 is 34.8 Å². The molecule has 21 heavy (non-hydrogen) atoms. The molecule has 1 fully saturated rings. The Bertz CT molecular complexity index is 584. The maximum atomic E-state index is 12.1. The Morgan fingerprint density at radius 3 is 2.57 bits per heavy atom. The molecule has 1 N–H and O–H groups in total. The second kappa shape index (κ2) is 6.20. The molecule has 1 aromatic carbocycles. The summed E-state index contributed by atoms with van der Waals surface area (Å²) in [6.45, 7) is 2.69. The SMILES string of the molecule is CC1(CNC(=O)c2cc(Cl)c(Cl)c([N+](=O)[O-])c2)CCCC1. The zero-order valence-electron chi connectivity index (χ0n) is 11.6. The minimum atomic E-state index is -0.650. The number of carbonyl (C=O) groups excluding carboxylic acids is 1. The molecule has 0 unspecified atom stereocenters. The highest BCUT2D eigenvalue weighted by Gasteiger charge is 2.29. The monoisotopic (exact) mass is 330 g/mol. The smallest absolute Gasteiger partial charge is 0.290 e. The second-order valence-corrected chi connectivity index (χ2v) is 6.53. The van der Waals surface area contributed by atoms with Crippen molar-refractivity contribution in [3.8, 4) is 0 Å². The van der Waals surface area contributed by atoms with Gasteiger partial charge in [-0.05, 0) is 24.3 Å². The lowest BCUT2D eigenvalue weighted by molar-refractivity contribution is -0.384. The van der Waals surface area contributed by atoms with Crippen LogP contribution in [-0.4, -0.2) is 17.4 Å². The van der Waals surface area contributed by atoms with E-state index in [4.69, 9.17) is 23.2 Å². The van der Waals surface area contributed by atoms with Gasteiger partial charge in [0.1, 0.15) is 5.02 Å². The normalized spacial score (nSPS) is 16.7. The van der Waals surface area contributed by atoms with Crippen molar-refractivity contribution in [1.82, 2.24) is 5.32 Å². The fraction of sp³-hybridized carbons (Fsp3) is 0.500. The quantitative estimate of drug-likeness (QED) is 0.663. The van der Waals surface area contributed by atoms with Crippen LogP contribution in [0.25, 0.3) is 0 Å². The zero-order valence-corrected chi connectivity index (χ0v) is 13.1. The van der Waals surface area contributed by atoms with Gasteiger partial charge in [-0.1, -0.05) is 43.0 Å². The van der Waals surface area contributed by atoms with Crippen LogP contribution in [0.4, 0.5) is 5.69 Å². The van der Waals surface area contributed by atoms with Crippen molar-refractivity contribution in [2.75, 3.05) is 6.54 Å². The molecule has 0 aromatic heterocycles. The second-order valence-electron chi connectivity index (χ2n) is 5.75. The number of nitro benzene ring substituents is 1.